The number of hydrogen-bond acceptors (Lipinski definition) is 4. The maximum atomic E-state index is 10.5. The molecule has 0 saturated carbocycles. The van der Waals surface area contributed by atoms with Gasteiger partial charge in [-0.25, -0.2) is 0 Å². The van der Waals surface area contributed by atoms with Crippen molar-refractivity contribution in [2.45, 2.75) is 26.3 Å². The van der Waals surface area contributed by atoms with E-state index in [0.717, 1.165) is 0 Å². The second-order valence-corrected chi connectivity index (χ2v) is 3.32. The average Bonchev–Trinajstić information content (AvgIpc) is 2.46. The van der Waals surface area contributed by atoms with E-state index in [9.17, 15) is 14.9 Å². The summed E-state index contributed by atoms with van der Waals surface area (Å²) >= 11 is 0. The van der Waals surface area contributed by atoms with Crippen LogP contribution in [0.15, 0.2) is 6.20 Å². The van der Waals surface area contributed by atoms with E-state index in [1.807, 2.05) is 0 Å². The van der Waals surface area contributed by atoms with E-state index in [2.05, 4.69) is 5.10 Å². The Balaban J connectivity index is 2.91. The highest BCUT2D eigenvalue weighted by Crippen LogP contribution is 2.18. The first-order chi connectivity index (χ1) is 6.91. The normalized spacial score (nSPS) is 12.4. The van der Waals surface area contributed by atoms with Crippen molar-refractivity contribution < 1.29 is 14.8 Å². The van der Waals surface area contributed by atoms with Gasteiger partial charge in [0.25, 0.3) is 0 Å². The third-order valence-electron chi connectivity index (χ3n) is 1.98. The summed E-state index contributed by atoms with van der Waals surface area (Å²) in [6.07, 6.45) is 1.37. The molecule has 7 nitrogen and oxygen atoms in total. The molecule has 0 radical (unpaired) electrons. The van der Waals surface area contributed by atoms with Crippen molar-refractivity contribution in [1.29, 1.82) is 0 Å². The number of carboxylic acids is 1. The SMILES string of the molecule is Cc1cn([C@@H](C)CC(=O)O)nc1[N+](=O)[O-]. The molecule has 1 N–H and O–H groups in total. The van der Waals surface area contributed by atoms with E-state index in [1.54, 1.807) is 13.8 Å². The Labute approximate surface area is 85.5 Å². The van der Waals surface area contributed by atoms with E-state index in [0.29, 0.717) is 5.56 Å². The van der Waals surface area contributed by atoms with Crippen LogP contribution in [0.3, 0.4) is 0 Å². The van der Waals surface area contributed by atoms with E-state index in [1.165, 1.54) is 10.9 Å². The number of aryl methyl sites for hydroxylation is 1. The van der Waals surface area contributed by atoms with Crippen molar-refractivity contribution >= 4 is 11.8 Å². The van der Waals surface area contributed by atoms with Gasteiger partial charge < -0.3 is 15.2 Å². The number of nitro groups is 1. The van der Waals surface area contributed by atoms with Gasteiger partial charge in [0.05, 0.1) is 29.3 Å². The third-order valence-corrected chi connectivity index (χ3v) is 1.98. The van der Waals surface area contributed by atoms with Crippen LogP contribution in [0.2, 0.25) is 0 Å². The van der Waals surface area contributed by atoms with Crippen LogP contribution in [0.25, 0.3) is 0 Å². The van der Waals surface area contributed by atoms with Gasteiger partial charge in [0, 0.05) is 0 Å². The predicted octanol–water partition coefficient (Wildman–Crippen LogP) is 1.14. The Kier molecular flexibility index (Phi) is 3.03. The Morgan fingerprint density at radius 3 is 2.80 bits per heavy atom. The number of carbonyl (C=O) groups is 1. The molecule has 0 aliphatic heterocycles. The molecule has 0 bridgehead atoms. The molecule has 1 aromatic rings. The number of rotatable bonds is 4. The lowest BCUT2D eigenvalue weighted by atomic mass is 10.2. The molecule has 15 heavy (non-hydrogen) atoms. The number of carboxylic acid groups (broad SMARTS) is 1. The molecule has 0 fully saturated rings. The molecule has 0 aliphatic carbocycles. The summed E-state index contributed by atoms with van der Waals surface area (Å²) < 4.78 is 1.31. The maximum Gasteiger partial charge on any atom is 0.392 e. The molecule has 7 heteroatoms. The van der Waals surface area contributed by atoms with Crippen LogP contribution < -0.4 is 0 Å². The topological polar surface area (TPSA) is 98.3 Å². The van der Waals surface area contributed by atoms with Crippen molar-refractivity contribution in [1.82, 2.24) is 9.78 Å². The van der Waals surface area contributed by atoms with Gasteiger partial charge in [-0.2, -0.15) is 4.68 Å². The van der Waals surface area contributed by atoms with Gasteiger partial charge in [-0.3, -0.25) is 4.79 Å². The molecule has 1 rings (SSSR count). The molecule has 1 heterocycles. The molecule has 0 aromatic carbocycles. The van der Waals surface area contributed by atoms with Crippen LogP contribution >= 0.6 is 0 Å². The minimum absolute atomic E-state index is 0.113. The molecule has 0 aliphatic rings. The average molecular weight is 213 g/mol. The zero-order valence-corrected chi connectivity index (χ0v) is 8.38. The number of aliphatic carboxylic acids is 1. The molecular weight excluding hydrogens is 202 g/mol. The molecule has 0 spiro atoms. The second-order valence-electron chi connectivity index (χ2n) is 3.32. The van der Waals surface area contributed by atoms with E-state index < -0.39 is 16.9 Å². The van der Waals surface area contributed by atoms with Crippen molar-refractivity contribution in [3.8, 4) is 0 Å². The van der Waals surface area contributed by atoms with Gasteiger partial charge in [-0.15, -0.1) is 0 Å². The summed E-state index contributed by atoms with van der Waals surface area (Å²) in [6.45, 7) is 3.21. The zero-order valence-electron chi connectivity index (χ0n) is 8.38. The minimum atomic E-state index is -0.960. The van der Waals surface area contributed by atoms with Crippen LogP contribution in [0.1, 0.15) is 24.9 Å². The van der Waals surface area contributed by atoms with Gasteiger partial charge in [-0.05, 0) is 18.8 Å². The predicted molar refractivity (Wildman–Crippen MR) is 50.6 cm³/mol. The highest BCUT2D eigenvalue weighted by atomic mass is 16.6. The molecular formula is C8H11N3O4. The molecule has 0 unspecified atom stereocenters. The highest BCUT2D eigenvalue weighted by molar-refractivity contribution is 5.67. The van der Waals surface area contributed by atoms with Gasteiger partial charge in [0.15, 0.2) is 0 Å². The fraction of sp³-hybridized carbons (Fsp3) is 0.500. The van der Waals surface area contributed by atoms with Crippen molar-refractivity contribution in [3.63, 3.8) is 0 Å². The van der Waals surface area contributed by atoms with E-state index in [4.69, 9.17) is 5.11 Å². The van der Waals surface area contributed by atoms with Crippen LogP contribution in [-0.4, -0.2) is 25.8 Å². The monoisotopic (exact) mass is 213 g/mol. The van der Waals surface area contributed by atoms with Gasteiger partial charge in [-0.1, -0.05) is 0 Å². The van der Waals surface area contributed by atoms with Gasteiger partial charge in [0.1, 0.15) is 0 Å². The first-order valence-electron chi connectivity index (χ1n) is 4.33. The molecule has 1 atom stereocenters. The Hall–Kier alpha value is -1.92. The summed E-state index contributed by atoms with van der Waals surface area (Å²) in [7, 11) is 0. The van der Waals surface area contributed by atoms with Crippen LogP contribution in [0, 0.1) is 17.0 Å². The summed E-state index contributed by atoms with van der Waals surface area (Å²) in [5.41, 5.74) is 0.428. The third kappa shape index (κ3) is 2.52. The summed E-state index contributed by atoms with van der Waals surface area (Å²) in [6, 6.07) is -0.394. The first-order valence-corrected chi connectivity index (χ1v) is 4.33. The second kappa shape index (κ2) is 4.07. The Morgan fingerprint density at radius 2 is 2.40 bits per heavy atom. The molecule has 0 amide bonds. The van der Waals surface area contributed by atoms with E-state index >= 15 is 0 Å². The lowest BCUT2D eigenvalue weighted by Crippen LogP contribution is -2.11. The van der Waals surface area contributed by atoms with Crippen LogP contribution in [0.5, 0.6) is 0 Å². The quantitative estimate of drug-likeness (QED) is 0.597. The number of nitrogens with zero attached hydrogens (tertiary/aromatic N) is 3. The number of aromatic nitrogens is 2. The summed E-state index contributed by atoms with van der Waals surface area (Å²) in [5, 5.41) is 22.8. The minimum Gasteiger partial charge on any atom is -0.481 e. The largest absolute Gasteiger partial charge is 0.481 e. The lowest BCUT2D eigenvalue weighted by molar-refractivity contribution is -0.390. The summed E-state index contributed by atoms with van der Waals surface area (Å²) in [5.74, 6) is -1.19. The zero-order chi connectivity index (χ0) is 11.6. The highest BCUT2D eigenvalue weighted by Gasteiger charge is 2.21. The lowest BCUT2D eigenvalue weighted by Gasteiger charge is -2.03. The Morgan fingerprint density at radius 1 is 1.80 bits per heavy atom. The first kappa shape index (κ1) is 11.2. The number of hydrogen-bond donors (Lipinski definition) is 1. The fourth-order valence-corrected chi connectivity index (χ4v) is 1.23. The maximum absolute atomic E-state index is 10.5. The van der Waals surface area contributed by atoms with Gasteiger partial charge >= 0.3 is 11.8 Å². The molecule has 1 aromatic heterocycles. The Bertz CT molecular complexity index is 399. The van der Waals surface area contributed by atoms with Crippen molar-refractivity contribution in [3.05, 3.63) is 21.9 Å². The molecule has 82 valence electrons. The summed E-state index contributed by atoms with van der Waals surface area (Å²) in [4.78, 5) is 20.3. The van der Waals surface area contributed by atoms with Crippen LogP contribution in [0.4, 0.5) is 5.82 Å². The van der Waals surface area contributed by atoms with Gasteiger partial charge in [0.2, 0.25) is 0 Å². The molecule has 0 saturated heterocycles. The van der Waals surface area contributed by atoms with Crippen molar-refractivity contribution in [2.75, 3.05) is 0 Å². The fourth-order valence-electron chi connectivity index (χ4n) is 1.23. The van der Waals surface area contributed by atoms with Crippen molar-refractivity contribution in [2.24, 2.45) is 0 Å². The van der Waals surface area contributed by atoms with Crippen LogP contribution in [-0.2, 0) is 4.79 Å². The smallest absolute Gasteiger partial charge is 0.392 e. The standard InChI is InChI=1S/C8H11N3O4/c1-5-4-10(6(2)3-7(12)13)9-8(5)11(14)15/h4,6H,3H2,1-2H3,(H,12,13)/t6-/m0/s1. The van der Waals surface area contributed by atoms with E-state index in [-0.39, 0.29) is 12.2 Å².